The number of carbonyl (C=O) groups is 3. The van der Waals surface area contributed by atoms with Crippen molar-refractivity contribution in [1.29, 1.82) is 0 Å². The molecule has 0 atom stereocenters. The molecule has 7 aromatic heterocycles. The van der Waals surface area contributed by atoms with E-state index in [0.29, 0.717) is 87.5 Å². The van der Waals surface area contributed by atoms with E-state index in [9.17, 15) is 36.0 Å². The van der Waals surface area contributed by atoms with Crippen LogP contribution in [0.25, 0.3) is 0 Å². The zero-order valence-electron chi connectivity index (χ0n) is 89.0. The molecule has 772 valence electrons. The molecule has 3 amide bonds. The maximum absolute atomic E-state index is 12.4. The van der Waals surface area contributed by atoms with Crippen LogP contribution in [0.4, 0.5) is 19.0 Å². The van der Waals surface area contributed by atoms with E-state index in [1.165, 1.54) is 69.3 Å². The van der Waals surface area contributed by atoms with Gasteiger partial charge in [0.15, 0.2) is 0 Å². The van der Waals surface area contributed by atoms with Crippen LogP contribution in [0, 0.1) is 5.92 Å². The van der Waals surface area contributed by atoms with Gasteiger partial charge in [0.1, 0.15) is 49.0 Å². The van der Waals surface area contributed by atoms with Gasteiger partial charge in [-0.2, -0.15) is 13.2 Å². The van der Waals surface area contributed by atoms with Crippen LogP contribution >= 0.6 is 0 Å². The molecule has 0 aliphatic carbocycles. The standard InChI is InChI=1S/C16H23F3N2O.2C16H24N2O2.C15H24N4O.C15H25N3.C15H24N2O3S.C15H24N2O/c1-15(2,3)12-4-7-20-14(10-12)22-13-5-8-21(9-6-13)11-16(17,18)19;2*1-12(19)18-9-6-14(7-10-18)20-15-11-13(5-8-17-15)16(2,3)4;1-11(20)19-7-5-12(6-8-19)18-14-9-13(15(2,3)4)16-10-17-14;1-15(2,3)14-10-13(16-11-17-14)9-12-5-7-18(4)8-6-12;1-15(2,3)12-5-8-16-14(11-12)20-13-6-9-17(10-7-13)21(4,18)19;1-15(2,3)12-5-8-16-14(11-12)18-13-6-9-17(4)10-7-13/h4,7,10,13H,5-6,8-9,11H2,1-3H3;2*5,8,11,14H,6-7,9-10H2,1-4H3;9-10,12H,5-8H2,1-4H3,(H,16,17,18);10-12H,5-9H2,1-4H3;5,8,11,13H,6-7,9-10H2,1-4H3;5,8,11,13H,6-7,9-10H2,1-4H3. The summed E-state index contributed by atoms with van der Waals surface area (Å²) in [6, 6.07) is 24.7. The lowest BCUT2D eigenvalue weighted by molar-refractivity contribution is -0.149. The Hall–Kier alpha value is -9.30. The fourth-order valence-corrected chi connectivity index (χ4v) is 17.7. The van der Waals surface area contributed by atoms with Crippen LogP contribution in [0.2, 0.25) is 0 Å². The first kappa shape index (κ1) is 115. The number of anilines is 1. The molecule has 1 N–H and O–H groups in total. The highest BCUT2D eigenvalue weighted by Gasteiger charge is 2.35. The molecule has 7 saturated heterocycles. The molecule has 139 heavy (non-hydrogen) atoms. The Morgan fingerprint density at radius 1 is 0.353 bits per heavy atom. The van der Waals surface area contributed by atoms with Crippen LogP contribution in [0.5, 0.6) is 29.4 Å². The number of alkyl halides is 3. The number of ether oxygens (including phenoxy) is 5. The second-order valence-electron chi connectivity index (χ2n) is 45.7. The minimum atomic E-state index is -4.13. The first-order valence-corrected chi connectivity index (χ1v) is 52.1. The summed E-state index contributed by atoms with van der Waals surface area (Å²) in [5, 5.41) is 3.46. The molecule has 0 unspecified atom stereocenters. The topological polar surface area (TPSA) is 282 Å². The average Bonchev–Trinajstić information content (AvgIpc) is 0.814. The van der Waals surface area contributed by atoms with Crippen LogP contribution < -0.4 is 29.0 Å². The lowest BCUT2D eigenvalue weighted by Crippen LogP contribution is -2.42. The van der Waals surface area contributed by atoms with Crippen LogP contribution in [0.1, 0.15) is 301 Å². The van der Waals surface area contributed by atoms with Crippen molar-refractivity contribution >= 4 is 33.6 Å². The predicted octanol–water partition coefficient (Wildman–Crippen LogP) is 19.2. The largest absolute Gasteiger partial charge is 0.474 e. The first-order chi connectivity index (χ1) is 64.8. The number of pyridine rings is 5. The summed E-state index contributed by atoms with van der Waals surface area (Å²) in [6.07, 6.45) is 24.0. The van der Waals surface area contributed by atoms with Gasteiger partial charge >= 0.3 is 6.18 Å². The summed E-state index contributed by atoms with van der Waals surface area (Å²) >= 11 is 0. The number of aromatic nitrogens is 9. The van der Waals surface area contributed by atoms with Gasteiger partial charge in [-0.15, -0.1) is 0 Å². The number of nitrogens with one attached hydrogen (secondary N) is 1. The Kier molecular flexibility index (Phi) is 42.7. The Morgan fingerprint density at radius 3 is 0.914 bits per heavy atom. The summed E-state index contributed by atoms with van der Waals surface area (Å²) in [5.74, 6) is 5.49. The number of carbonyl (C=O) groups excluding carboxylic acids is 3. The lowest BCUT2D eigenvalue weighted by atomic mass is 9.88. The van der Waals surface area contributed by atoms with Gasteiger partial charge in [-0.3, -0.25) is 19.3 Å². The number of amides is 3. The monoisotopic (exact) mass is 1950 g/mol. The lowest BCUT2D eigenvalue weighted by Gasteiger charge is -2.32. The summed E-state index contributed by atoms with van der Waals surface area (Å²) < 4.78 is 91.2. The molecule has 27 nitrogen and oxygen atoms in total. The highest BCUT2D eigenvalue weighted by Crippen LogP contribution is 2.35. The van der Waals surface area contributed by atoms with E-state index >= 15 is 0 Å². The summed E-state index contributed by atoms with van der Waals surface area (Å²) in [4.78, 5) is 84.6. The molecule has 0 bridgehead atoms. The molecule has 7 fully saturated rings. The number of halogens is 3. The van der Waals surface area contributed by atoms with Crippen LogP contribution in [0.3, 0.4) is 0 Å². The van der Waals surface area contributed by atoms with Gasteiger partial charge in [0.2, 0.25) is 57.1 Å². The Bertz CT molecular complexity index is 4730. The van der Waals surface area contributed by atoms with E-state index < -0.39 is 22.7 Å². The zero-order valence-corrected chi connectivity index (χ0v) is 89.8. The van der Waals surface area contributed by atoms with E-state index in [-0.39, 0.29) is 80.0 Å². The Labute approximate surface area is 830 Å². The van der Waals surface area contributed by atoms with Crippen LogP contribution in [-0.4, -0.2) is 266 Å². The Balaban J connectivity index is 0.000000199. The van der Waals surface area contributed by atoms with E-state index in [2.05, 4.69) is 238 Å². The van der Waals surface area contributed by atoms with Crippen molar-refractivity contribution in [3.8, 4) is 29.4 Å². The van der Waals surface area contributed by atoms with Gasteiger partial charge in [-0.25, -0.2) is 57.6 Å². The molecule has 0 radical (unpaired) electrons. The number of rotatable bonds is 16. The fraction of sp³-hybridized carbons (Fsp3) is 0.667. The predicted molar refractivity (Wildman–Crippen MR) is 548 cm³/mol. The summed E-state index contributed by atoms with van der Waals surface area (Å²) in [7, 11) is 1.28. The normalized spacial score (nSPS) is 18.0. The first-order valence-electron chi connectivity index (χ1n) is 50.2. The number of sulfonamides is 1. The number of nitrogens with zero attached hydrogens (tertiary/aromatic N) is 16. The molecule has 14 rings (SSSR count). The smallest absolute Gasteiger partial charge is 0.401 e. The SMILES string of the molecule is CC(=O)N1CCC(Nc2cc(C(C)(C)C)ncn2)CC1.CC(=O)N1CCC(Oc2cc(C(C)(C)C)ccn2)CC1.CC(=O)N1CCC(Oc2cc(C(C)(C)C)ccn2)CC1.CC(C)(C)c1ccnc(OC2CCN(CC(F)(F)F)CC2)c1.CC(C)(C)c1ccnc(OC2CCN(S(C)(=O)=O)CC2)c1.CN1CCC(Cc2cc(C(C)(C)C)ncn2)CC1.CN1CCC(Oc2cc(C(C)(C)C)ccn2)CC1. The Morgan fingerprint density at radius 2 is 0.626 bits per heavy atom. The van der Waals surface area contributed by atoms with Gasteiger partial charge in [0.05, 0.1) is 18.5 Å². The molecule has 31 heteroatoms. The van der Waals surface area contributed by atoms with Crippen molar-refractivity contribution in [2.24, 2.45) is 5.92 Å². The highest BCUT2D eigenvalue weighted by molar-refractivity contribution is 7.88. The summed E-state index contributed by atoms with van der Waals surface area (Å²) in [5.41, 5.74) is 9.99. The van der Waals surface area contributed by atoms with Crippen molar-refractivity contribution in [2.45, 2.75) is 343 Å². The second-order valence-corrected chi connectivity index (χ2v) is 47.7. The van der Waals surface area contributed by atoms with Gasteiger partial charge in [-0.05, 0) is 195 Å². The number of likely N-dealkylation sites (tertiary alicyclic amines) is 6. The van der Waals surface area contributed by atoms with E-state index in [1.54, 1.807) is 58.2 Å². The third-order valence-electron chi connectivity index (χ3n) is 26.2. The number of hydrogen-bond acceptors (Lipinski definition) is 23. The fourth-order valence-electron chi connectivity index (χ4n) is 16.8. The van der Waals surface area contributed by atoms with Crippen molar-refractivity contribution in [3.05, 3.63) is 161 Å². The van der Waals surface area contributed by atoms with Gasteiger partial charge < -0.3 is 53.5 Å². The van der Waals surface area contributed by atoms with Crippen LogP contribution in [-0.2, 0) is 68.7 Å². The van der Waals surface area contributed by atoms with Gasteiger partial charge in [-0.1, -0.05) is 145 Å². The minimum absolute atomic E-state index is 0.0110. The average molecular weight is 1950 g/mol. The molecule has 14 heterocycles. The van der Waals surface area contributed by atoms with Gasteiger partial charge in [0, 0.05) is 221 Å². The minimum Gasteiger partial charge on any atom is -0.474 e. The maximum Gasteiger partial charge on any atom is 0.401 e. The quantitative estimate of drug-likeness (QED) is 0.0940. The molecule has 0 aromatic carbocycles. The van der Waals surface area contributed by atoms with E-state index in [1.807, 2.05) is 75.5 Å². The van der Waals surface area contributed by atoms with E-state index in [4.69, 9.17) is 23.7 Å². The molecule has 7 aliphatic rings. The molecule has 0 saturated carbocycles. The van der Waals surface area contributed by atoms with Crippen molar-refractivity contribution in [3.63, 3.8) is 0 Å². The van der Waals surface area contributed by atoms with Crippen molar-refractivity contribution in [2.75, 3.05) is 124 Å². The maximum atomic E-state index is 12.4. The molecule has 0 spiro atoms. The van der Waals surface area contributed by atoms with E-state index in [0.717, 1.165) is 145 Å². The number of hydrogen-bond donors (Lipinski definition) is 1. The second kappa shape index (κ2) is 51.6. The molecular formula is C108H168F3N17O10S. The zero-order chi connectivity index (χ0) is 103. The van der Waals surface area contributed by atoms with Crippen LogP contribution in [0.15, 0.2) is 116 Å². The van der Waals surface area contributed by atoms with Crippen molar-refractivity contribution in [1.82, 2.24) is 78.6 Å². The molecule has 7 aromatic rings. The van der Waals surface area contributed by atoms with Crippen molar-refractivity contribution < 1.29 is 59.7 Å². The summed E-state index contributed by atoms with van der Waals surface area (Å²) in [6.45, 7) is 60.8. The highest BCUT2D eigenvalue weighted by atomic mass is 32.2. The van der Waals surface area contributed by atoms with Gasteiger partial charge in [0.25, 0.3) is 0 Å². The molecule has 7 aliphatic heterocycles. The molecular weight excluding hydrogens is 1780 g/mol. The number of piperidine rings is 7. The third-order valence-corrected chi connectivity index (χ3v) is 27.5. The third kappa shape index (κ3) is 41.3.